The maximum atomic E-state index is 13.2. The van der Waals surface area contributed by atoms with E-state index in [0.717, 1.165) is 11.8 Å². The van der Waals surface area contributed by atoms with Crippen LogP contribution in [-0.2, 0) is 20.1 Å². The molecule has 0 bridgehead atoms. The van der Waals surface area contributed by atoms with Crippen LogP contribution in [0.3, 0.4) is 0 Å². The topological polar surface area (TPSA) is 85.4 Å². The van der Waals surface area contributed by atoms with Crippen LogP contribution >= 0.6 is 11.3 Å². The third-order valence-corrected chi connectivity index (χ3v) is 6.72. The second-order valence-electron chi connectivity index (χ2n) is 6.87. The molecule has 4 rings (SSSR count). The van der Waals surface area contributed by atoms with Crippen LogP contribution in [0, 0.1) is 5.82 Å². The molecule has 1 saturated heterocycles. The quantitative estimate of drug-likeness (QED) is 0.602. The predicted octanol–water partition coefficient (Wildman–Crippen LogP) is 3.25. The third-order valence-electron chi connectivity index (χ3n) is 4.69. The minimum atomic E-state index is -3.41. The van der Waals surface area contributed by atoms with Gasteiger partial charge in [0, 0.05) is 11.8 Å². The van der Waals surface area contributed by atoms with Gasteiger partial charge in [-0.25, -0.2) is 17.8 Å². The number of sulfone groups is 1. The van der Waals surface area contributed by atoms with Crippen molar-refractivity contribution in [2.75, 3.05) is 24.8 Å². The summed E-state index contributed by atoms with van der Waals surface area (Å²) in [4.78, 5) is 17.5. The number of hydrogen-bond acceptors (Lipinski definition) is 7. The number of ether oxygens (including phenoxy) is 1. The number of ketones is 1. The number of nitrogens with one attached hydrogen (secondary N) is 1. The van der Waals surface area contributed by atoms with Gasteiger partial charge >= 0.3 is 0 Å². The van der Waals surface area contributed by atoms with Gasteiger partial charge in [0.2, 0.25) is 5.78 Å². The number of benzene rings is 2. The molecule has 29 heavy (non-hydrogen) atoms. The molecule has 0 radical (unpaired) electrons. The highest BCUT2D eigenvalue weighted by Gasteiger charge is 2.41. The Hall–Kier alpha value is -2.62. The van der Waals surface area contributed by atoms with Crippen molar-refractivity contribution in [2.24, 2.45) is 0 Å². The van der Waals surface area contributed by atoms with Gasteiger partial charge in [-0.05, 0) is 29.8 Å². The lowest BCUT2D eigenvalue weighted by Gasteiger charge is -2.42. The van der Waals surface area contributed by atoms with Crippen molar-refractivity contribution in [3.8, 4) is 0 Å². The molecule has 3 aromatic rings. The third kappa shape index (κ3) is 3.93. The van der Waals surface area contributed by atoms with Crippen LogP contribution in [-0.4, -0.2) is 38.7 Å². The number of aromatic nitrogens is 1. The monoisotopic (exact) mass is 432 g/mol. The summed E-state index contributed by atoms with van der Waals surface area (Å²) < 4.78 is 42.1. The molecule has 0 spiro atoms. The number of nitrogens with zero attached hydrogens (tertiary/aromatic N) is 1. The zero-order valence-corrected chi connectivity index (χ0v) is 17.0. The van der Waals surface area contributed by atoms with E-state index < -0.39 is 15.4 Å². The molecule has 1 aliphatic heterocycles. The summed E-state index contributed by atoms with van der Waals surface area (Å²) in [5.41, 5.74) is 0.625. The van der Waals surface area contributed by atoms with Crippen LogP contribution in [0.5, 0.6) is 0 Å². The summed E-state index contributed by atoms with van der Waals surface area (Å²) in [6, 6.07) is 12.1. The van der Waals surface area contributed by atoms with Gasteiger partial charge in [0.15, 0.2) is 15.0 Å². The van der Waals surface area contributed by atoms with Gasteiger partial charge in [0.1, 0.15) is 11.4 Å². The minimum absolute atomic E-state index is 0.0908. The zero-order chi connectivity index (χ0) is 20.6. The molecule has 1 N–H and O–H groups in total. The van der Waals surface area contributed by atoms with E-state index >= 15 is 0 Å². The summed E-state index contributed by atoms with van der Waals surface area (Å²) in [6.07, 6.45) is 2.56. The largest absolute Gasteiger partial charge is 0.376 e. The molecule has 6 nitrogen and oxygen atoms in total. The Morgan fingerprint density at radius 2 is 1.93 bits per heavy atom. The summed E-state index contributed by atoms with van der Waals surface area (Å²) in [7, 11) is -3.41. The zero-order valence-electron chi connectivity index (χ0n) is 15.4. The molecule has 2 heterocycles. The smallest absolute Gasteiger partial charge is 0.204 e. The lowest BCUT2D eigenvalue weighted by atomic mass is 9.88. The maximum Gasteiger partial charge on any atom is 0.204 e. The Kier molecular flexibility index (Phi) is 4.97. The molecule has 0 atom stereocenters. The first-order chi connectivity index (χ1) is 13.8. The van der Waals surface area contributed by atoms with Gasteiger partial charge in [-0.3, -0.25) is 4.79 Å². The van der Waals surface area contributed by atoms with Gasteiger partial charge in [-0.1, -0.05) is 35.6 Å². The number of rotatable bonds is 6. The Bertz CT molecular complexity index is 1170. The highest BCUT2D eigenvalue weighted by Crippen LogP contribution is 2.35. The Balaban J connectivity index is 1.57. The summed E-state index contributed by atoms with van der Waals surface area (Å²) in [5.74, 6) is -0.621. The van der Waals surface area contributed by atoms with Gasteiger partial charge in [-0.2, -0.15) is 0 Å². The fourth-order valence-electron chi connectivity index (χ4n) is 3.04. The summed E-state index contributed by atoms with van der Waals surface area (Å²) in [6.45, 7) is 0.801. The van der Waals surface area contributed by atoms with Crippen LogP contribution in [0.4, 0.5) is 9.52 Å². The number of carbonyl (C=O) groups excluding carboxylic acids is 1. The van der Waals surface area contributed by atoms with Crippen LogP contribution in [0.2, 0.25) is 0 Å². The van der Waals surface area contributed by atoms with Crippen molar-refractivity contribution in [3.05, 3.63) is 76.5 Å². The second-order valence-corrected chi connectivity index (χ2v) is 9.91. The van der Waals surface area contributed by atoms with Crippen molar-refractivity contribution < 1.29 is 22.3 Å². The molecule has 0 unspecified atom stereocenters. The van der Waals surface area contributed by atoms with E-state index in [0.29, 0.717) is 23.2 Å². The van der Waals surface area contributed by atoms with Crippen molar-refractivity contribution in [3.63, 3.8) is 0 Å². The SMILES string of the molecule is CS(=O)(=O)c1cccc(C(=O)c2cnc(NC3(c4ccc(F)cc4)COC3)s2)c1. The normalized spacial score (nSPS) is 15.5. The average molecular weight is 432 g/mol. The van der Waals surface area contributed by atoms with Crippen LogP contribution in [0.15, 0.2) is 59.6 Å². The van der Waals surface area contributed by atoms with Crippen molar-refractivity contribution >= 4 is 32.1 Å². The molecular formula is C20H17FN2O4S2. The Morgan fingerprint density at radius 1 is 1.21 bits per heavy atom. The van der Waals surface area contributed by atoms with Gasteiger partial charge in [-0.15, -0.1) is 0 Å². The molecular weight excluding hydrogens is 415 g/mol. The van der Waals surface area contributed by atoms with E-state index in [9.17, 15) is 17.6 Å². The molecule has 1 aliphatic rings. The first-order valence-electron chi connectivity index (χ1n) is 8.69. The molecule has 2 aromatic carbocycles. The lowest BCUT2D eigenvalue weighted by molar-refractivity contribution is -0.0447. The Morgan fingerprint density at radius 3 is 2.55 bits per heavy atom. The number of carbonyl (C=O) groups is 1. The van der Waals surface area contributed by atoms with Gasteiger partial charge in [0.25, 0.3) is 0 Å². The van der Waals surface area contributed by atoms with Crippen molar-refractivity contribution in [1.29, 1.82) is 0 Å². The maximum absolute atomic E-state index is 13.2. The van der Waals surface area contributed by atoms with E-state index in [2.05, 4.69) is 10.3 Å². The van der Waals surface area contributed by atoms with Crippen LogP contribution in [0.25, 0.3) is 0 Å². The predicted molar refractivity (Wildman–Crippen MR) is 108 cm³/mol. The van der Waals surface area contributed by atoms with E-state index in [4.69, 9.17) is 4.74 Å². The standard InChI is InChI=1S/C20H17FN2O4S2/c1-29(25,26)16-4-2-3-13(9-16)18(24)17-10-22-19(28-17)23-20(11-27-12-20)14-5-7-15(21)8-6-14/h2-10H,11-12H2,1H3,(H,22,23). The van der Waals surface area contributed by atoms with Gasteiger partial charge < -0.3 is 10.1 Å². The fourth-order valence-corrected chi connectivity index (χ4v) is 4.58. The minimum Gasteiger partial charge on any atom is -0.376 e. The van der Waals surface area contributed by atoms with E-state index in [-0.39, 0.29) is 22.1 Å². The number of halogens is 1. The fraction of sp³-hybridized carbons (Fsp3) is 0.200. The molecule has 0 amide bonds. The molecule has 1 aromatic heterocycles. The molecule has 150 valence electrons. The molecule has 9 heteroatoms. The van der Waals surface area contributed by atoms with Crippen LogP contribution in [0.1, 0.15) is 20.8 Å². The average Bonchev–Trinajstić information content (AvgIpc) is 3.13. The summed E-state index contributed by atoms with van der Waals surface area (Å²) >= 11 is 1.17. The van der Waals surface area contributed by atoms with E-state index in [1.54, 1.807) is 24.3 Å². The first-order valence-corrected chi connectivity index (χ1v) is 11.4. The Labute approximate surface area is 171 Å². The summed E-state index contributed by atoms with van der Waals surface area (Å²) in [5, 5.41) is 3.83. The highest BCUT2D eigenvalue weighted by molar-refractivity contribution is 7.90. The van der Waals surface area contributed by atoms with E-state index in [1.807, 2.05) is 0 Å². The van der Waals surface area contributed by atoms with Crippen molar-refractivity contribution in [2.45, 2.75) is 10.4 Å². The lowest BCUT2D eigenvalue weighted by Crippen LogP contribution is -2.52. The highest BCUT2D eigenvalue weighted by atomic mass is 32.2. The number of hydrogen-bond donors (Lipinski definition) is 1. The van der Waals surface area contributed by atoms with Crippen LogP contribution < -0.4 is 5.32 Å². The second kappa shape index (κ2) is 7.33. The number of thiazole rings is 1. The molecule has 0 saturated carbocycles. The van der Waals surface area contributed by atoms with E-state index in [1.165, 1.54) is 41.8 Å². The molecule has 1 fully saturated rings. The first kappa shape index (κ1) is 19.7. The van der Waals surface area contributed by atoms with Gasteiger partial charge in [0.05, 0.1) is 29.2 Å². The molecule has 0 aliphatic carbocycles. The van der Waals surface area contributed by atoms with Crippen molar-refractivity contribution in [1.82, 2.24) is 4.98 Å². The number of anilines is 1.